The molecule has 0 fully saturated rings. The molecule has 0 aromatic heterocycles. The number of likely N-dealkylation sites (N-methyl/N-ethyl adjacent to an activating group) is 1. The maximum Gasteiger partial charge on any atom is 0.246 e. The molecule has 0 aliphatic rings. The molecule has 0 rings (SSSR count). The summed E-state index contributed by atoms with van der Waals surface area (Å²) in [6.45, 7) is 7.07. The normalized spacial score (nSPS) is 8.18. The predicted molar refractivity (Wildman–Crippen MR) is 47.2 cm³/mol. The zero-order valence-electron chi connectivity index (χ0n) is 7.00. The van der Waals surface area contributed by atoms with Crippen LogP contribution < -0.4 is 0 Å². The molecule has 11 heavy (non-hydrogen) atoms. The molecule has 0 aromatic carbocycles. The maximum absolute atomic E-state index is 11.0. The van der Waals surface area contributed by atoms with Gasteiger partial charge >= 0.3 is 0 Å². The Labute approximate surface area is 67.5 Å². The van der Waals surface area contributed by atoms with E-state index in [-0.39, 0.29) is 5.91 Å². The van der Waals surface area contributed by atoms with Crippen LogP contribution in [-0.4, -0.2) is 24.9 Å². The molecule has 60 valence electrons. The van der Waals surface area contributed by atoms with E-state index in [1.165, 1.54) is 11.0 Å². The number of allylic oxidation sites excluding steroid dienone is 3. The zero-order chi connectivity index (χ0) is 8.85. The third kappa shape index (κ3) is 3.40. The topological polar surface area (TPSA) is 20.3 Å². The summed E-state index contributed by atoms with van der Waals surface area (Å²) in [5, 5.41) is 0. The first-order chi connectivity index (χ1) is 5.11. The number of hydrogen-bond donors (Lipinski definition) is 0. The molecule has 0 radical (unpaired) electrons. The molecular formula is C9H13NO. The number of carbonyl (C=O) groups excluding carboxylic acids is 1. The lowest BCUT2D eigenvalue weighted by molar-refractivity contribution is -0.123. The fourth-order valence-corrected chi connectivity index (χ4v) is 0.473. The molecule has 0 aliphatic heterocycles. The summed E-state index contributed by atoms with van der Waals surface area (Å²) in [5.41, 5.74) is 0.740. The van der Waals surface area contributed by atoms with E-state index in [0.717, 1.165) is 5.57 Å². The van der Waals surface area contributed by atoms with Crippen LogP contribution in [0.15, 0.2) is 37.0 Å². The third-order valence-electron chi connectivity index (χ3n) is 1.20. The highest BCUT2D eigenvalue weighted by molar-refractivity contribution is 5.88. The molecule has 0 bridgehead atoms. The number of nitrogens with zero attached hydrogens (tertiary/aromatic N) is 1. The molecule has 0 saturated carbocycles. The number of hydrogen-bond acceptors (Lipinski definition) is 1. The van der Waals surface area contributed by atoms with Gasteiger partial charge in [-0.15, -0.1) is 0 Å². The van der Waals surface area contributed by atoms with E-state index >= 15 is 0 Å². The van der Waals surface area contributed by atoms with Gasteiger partial charge in [-0.3, -0.25) is 4.79 Å². The molecule has 0 atom stereocenters. The van der Waals surface area contributed by atoms with E-state index in [9.17, 15) is 4.79 Å². The first-order valence-corrected chi connectivity index (χ1v) is 3.29. The molecule has 0 N–H and O–H groups in total. The highest BCUT2D eigenvalue weighted by atomic mass is 16.2. The van der Waals surface area contributed by atoms with Crippen LogP contribution in [-0.2, 0) is 4.79 Å². The van der Waals surface area contributed by atoms with Crippen molar-refractivity contribution in [2.75, 3.05) is 14.1 Å². The molecule has 0 aromatic rings. The summed E-state index contributed by atoms with van der Waals surface area (Å²) < 4.78 is 0. The Hall–Kier alpha value is -1.31. The van der Waals surface area contributed by atoms with Gasteiger partial charge in [-0.2, -0.15) is 0 Å². The van der Waals surface area contributed by atoms with Gasteiger partial charge in [0.25, 0.3) is 0 Å². The van der Waals surface area contributed by atoms with Gasteiger partial charge in [0.05, 0.1) is 0 Å². The second-order valence-electron chi connectivity index (χ2n) is 2.29. The first kappa shape index (κ1) is 9.69. The van der Waals surface area contributed by atoms with Crippen molar-refractivity contribution in [2.24, 2.45) is 0 Å². The summed E-state index contributed by atoms with van der Waals surface area (Å²) in [6.07, 6.45) is 4.67. The molecule has 2 nitrogen and oxygen atoms in total. The van der Waals surface area contributed by atoms with Crippen molar-refractivity contribution in [3.8, 4) is 0 Å². The Morgan fingerprint density at radius 3 is 2.00 bits per heavy atom. The molecule has 1 amide bonds. The fourth-order valence-electron chi connectivity index (χ4n) is 0.473. The average molecular weight is 151 g/mol. The van der Waals surface area contributed by atoms with E-state index in [1.807, 2.05) is 0 Å². The fraction of sp³-hybridized carbons (Fsp3) is 0.222. The predicted octanol–water partition coefficient (Wildman–Crippen LogP) is 1.37. The largest absolute Gasteiger partial charge is 0.345 e. The lowest BCUT2D eigenvalue weighted by Crippen LogP contribution is -2.19. The Morgan fingerprint density at radius 1 is 1.27 bits per heavy atom. The van der Waals surface area contributed by atoms with Crippen molar-refractivity contribution in [1.29, 1.82) is 0 Å². The second kappa shape index (κ2) is 4.50. The summed E-state index contributed by atoms with van der Waals surface area (Å²) in [5.74, 6) is -0.0557. The summed E-state index contributed by atoms with van der Waals surface area (Å²) in [6, 6.07) is 0. The lowest BCUT2D eigenvalue weighted by atomic mass is 10.2. The summed E-state index contributed by atoms with van der Waals surface area (Å²) in [4.78, 5) is 12.5. The summed E-state index contributed by atoms with van der Waals surface area (Å²) >= 11 is 0. The Morgan fingerprint density at radius 2 is 1.73 bits per heavy atom. The van der Waals surface area contributed by atoms with Crippen LogP contribution in [0.5, 0.6) is 0 Å². The van der Waals surface area contributed by atoms with Crippen molar-refractivity contribution in [1.82, 2.24) is 4.90 Å². The number of rotatable bonds is 3. The minimum absolute atomic E-state index is 0.0557. The lowest BCUT2D eigenvalue weighted by Gasteiger charge is -2.05. The van der Waals surface area contributed by atoms with Crippen molar-refractivity contribution in [2.45, 2.75) is 0 Å². The SMILES string of the molecule is C=CC(C=C)=CC(=O)N(C)C. The number of amides is 1. The van der Waals surface area contributed by atoms with Crippen molar-refractivity contribution in [3.05, 3.63) is 37.0 Å². The zero-order valence-corrected chi connectivity index (χ0v) is 7.00. The van der Waals surface area contributed by atoms with Crippen LogP contribution in [0.1, 0.15) is 0 Å². The minimum Gasteiger partial charge on any atom is -0.345 e. The second-order valence-corrected chi connectivity index (χ2v) is 2.29. The summed E-state index contributed by atoms with van der Waals surface area (Å²) in [7, 11) is 3.39. The molecule has 0 saturated heterocycles. The van der Waals surface area contributed by atoms with Crippen molar-refractivity contribution < 1.29 is 4.79 Å². The molecule has 0 unspecified atom stereocenters. The Balaban J connectivity index is 4.38. The van der Waals surface area contributed by atoms with Gasteiger partial charge in [-0.05, 0) is 5.57 Å². The van der Waals surface area contributed by atoms with Gasteiger partial charge in [-0.1, -0.05) is 25.3 Å². The van der Waals surface area contributed by atoms with Crippen LogP contribution in [0.25, 0.3) is 0 Å². The highest BCUT2D eigenvalue weighted by Gasteiger charge is 1.97. The standard InChI is InChI=1S/C9H13NO/c1-5-8(6-2)7-9(11)10(3)4/h5-7H,1-2H2,3-4H3. The van der Waals surface area contributed by atoms with E-state index in [4.69, 9.17) is 0 Å². The Bertz CT molecular complexity index is 192. The van der Waals surface area contributed by atoms with Crippen molar-refractivity contribution >= 4 is 5.91 Å². The molecule has 0 heterocycles. The Kier molecular flexibility index (Phi) is 3.96. The molecule has 0 spiro atoms. The van der Waals surface area contributed by atoms with Gasteiger partial charge in [0.15, 0.2) is 0 Å². The van der Waals surface area contributed by atoms with E-state index in [1.54, 1.807) is 26.2 Å². The molecule has 2 heteroatoms. The van der Waals surface area contributed by atoms with E-state index < -0.39 is 0 Å². The van der Waals surface area contributed by atoms with Crippen LogP contribution in [0.4, 0.5) is 0 Å². The number of carbonyl (C=O) groups is 1. The molecule has 0 aliphatic carbocycles. The smallest absolute Gasteiger partial charge is 0.246 e. The van der Waals surface area contributed by atoms with E-state index in [2.05, 4.69) is 13.2 Å². The van der Waals surface area contributed by atoms with Gasteiger partial charge in [-0.25, -0.2) is 0 Å². The quantitative estimate of drug-likeness (QED) is 0.440. The minimum atomic E-state index is -0.0557. The van der Waals surface area contributed by atoms with Crippen LogP contribution in [0.2, 0.25) is 0 Å². The molecular weight excluding hydrogens is 138 g/mol. The van der Waals surface area contributed by atoms with Crippen molar-refractivity contribution in [3.63, 3.8) is 0 Å². The van der Waals surface area contributed by atoms with E-state index in [0.29, 0.717) is 0 Å². The van der Waals surface area contributed by atoms with Crippen LogP contribution >= 0.6 is 0 Å². The third-order valence-corrected chi connectivity index (χ3v) is 1.20. The first-order valence-electron chi connectivity index (χ1n) is 3.29. The average Bonchev–Trinajstić information content (AvgIpc) is 1.99. The highest BCUT2D eigenvalue weighted by Crippen LogP contribution is 1.96. The monoisotopic (exact) mass is 151 g/mol. The van der Waals surface area contributed by atoms with Crippen LogP contribution in [0.3, 0.4) is 0 Å². The maximum atomic E-state index is 11.0. The van der Waals surface area contributed by atoms with Crippen LogP contribution in [0, 0.1) is 0 Å². The van der Waals surface area contributed by atoms with Gasteiger partial charge in [0.1, 0.15) is 0 Å². The van der Waals surface area contributed by atoms with Gasteiger partial charge in [0, 0.05) is 20.2 Å². The van der Waals surface area contributed by atoms with Gasteiger partial charge in [0.2, 0.25) is 5.91 Å². The van der Waals surface area contributed by atoms with Gasteiger partial charge < -0.3 is 4.90 Å².